The molecule has 0 heterocycles. The molecule has 0 spiro atoms. The van der Waals surface area contributed by atoms with Gasteiger partial charge in [-0.3, -0.25) is 0 Å². The molecule has 3 aliphatic rings. The van der Waals surface area contributed by atoms with Crippen LogP contribution in [0.4, 0.5) is 0 Å². The van der Waals surface area contributed by atoms with Gasteiger partial charge in [0.2, 0.25) is 0 Å². The van der Waals surface area contributed by atoms with Gasteiger partial charge in [0.15, 0.2) is 0 Å². The van der Waals surface area contributed by atoms with Crippen LogP contribution in [0.25, 0.3) is 0 Å². The van der Waals surface area contributed by atoms with Crippen LogP contribution in [-0.4, -0.2) is 24.3 Å². The third-order valence-corrected chi connectivity index (χ3v) is 4.27. The molecule has 0 unspecified atom stereocenters. The normalized spacial score (nSPS) is 30.4. The lowest BCUT2D eigenvalue weighted by Gasteiger charge is -2.38. The molecule has 0 radical (unpaired) electrons. The molecular formula is C13H23NO. The lowest BCUT2D eigenvalue weighted by molar-refractivity contribution is -0.116. The summed E-state index contributed by atoms with van der Waals surface area (Å²) >= 11 is 0. The van der Waals surface area contributed by atoms with E-state index >= 15 is 0 Å². The fourth-order valence-corrected chi connectivity index (χ4v) is 2.82. The molecule has 3 aliphatic carbocycles. The summed E-state index contributed by atoms with van der Waals surface area (Å²) in [4.78, 5) is 0. The monoisotopic (exact) mass is 209 g/mol. The Morgan fingerprint density at radius 3 is 2.27 bits per heavy atom. The zero-order valence-electron chi connectivity index (χ0n) is 9.63. The first-order valence-electron chi connectivity index (χ1n) is 6.78. The quantitative estimate of drug-likeness (QED) is 0.751. The predicted molar refractivity (Wildman–Crippen MR) is 60.9 cm³/mol. The van der Waals surface area contributed by atoms with E-state index in [1.807, 2.05) is 0 Å². The van der Waals surface area contributed by atoms with Crippen molar-refractivity contribution in [1.29, 1.82) is 0 Å². The molecule has 2 heteroatoms. The van der Waals surface area contributed by atoms with Gasteiger partial charge in [0, 0.05) is 12.6 Å². The Morgan fingerprint density at radius 2 is 1.73 bits per heavy atom. The van der Waals surface area contributed by atoms with E-state index in [0.29, 0.717) is 6.10 Å². The highest BCUT2D eigenvalue weighted by Gasteiger charge is 2.39. The van der Waals surface area contributed by atoms with Crippen LogP contribution in [0.1, 0.15) is 57.8 Å². The predicted octanol–water partition coefficient (Wildman–Crippen LogP) is 2.62. The Hall–Kier alpha value is -0.0800. The molecule has 0 bridgehead atoms. The summed E-state index contributed by atoms with van der Waals surface area (Å²) in [6.45, 7) is 1.12. The van der Waals surface area contributed by atoms with Crippen molar-refractivity contribution in [2.75, 3.05) is 6.54 Å². The van der Waals surface area contributed by atoms with E-state index < -0.39 is 0 Å². The minimum Gasteiger partial charge on any atom is -0.370 e. The molecule has 3 fully saturated rings. The molecule has 3 rings (SSSR count). The zero-order valence-corrected chi connectivity index (χ0v) is 9.63. The maximum atomic E-state index is 6.35. The molecule has 15 heavy (non-hydrogen) atoms. The molecule has 0 aromatic heterocycles. The Morgan fingerprint density at radius 1 is 1.00 bits per heavy atom. The molecule has 0 amide bonds. The van der Waals surface area contributed by atoms with E-state index in [4.69, 9.17) is 4.74 Å². The summed E-state index contributed by atoms with van der Waals surface area (Å²) in [6.07, 6.45) is 12.7. The molecule has 0 aromatic rings. The van der Waals surface area contributed by atoms with Gasteiger partial charge in [-0.1, -0.05) is 12.8 Å². The fourth-order valence-electron chi connectivity index (χ4n) is 2.82. The Labute approximate surface area is 92.8 Å². The first-order chi connectivity index (χ1) is 7.36. The summed E-state index contributed by atoms with van der Waals surface area (Å²) in [6, 6.07) is 0.826. The lowest BCUT2D eigenvalue weighted by atomic mass is 9.93. The van der Waals surface area contributed by atoms with Crippen LogP contribution in [0.5, 0.6) is 0 Å². The third kappa shape index (κ3) is 2.36. The lowest BCUT2D eigenvalue weighted by Crippen LogP contribution is -2.45. The first kappa shape index (κ1) is 10.1. The second-order valence-corrected chi connectivity index (χ2v) is 5.72. The summed E-state index contributed by atoms with van der Waals surface area (Å²) in [5, 5.41) is 3.67. The number of nitrogens with one attached hydrogen (secondary N) is 1. The SMILES string of the molecule is C1CC(OC2(CNC3CC3)CCCC2)C1. The fraction of sp³-hybridized carbons (Fsp3) is 1.00. The van der Waals surface area contributed by atoms with Crippen molar-refractivity contribution in [2.45, 2.75) is 75.5 Å². The highest BCUT2D eigenvalue weighted by Crippen LogP contribution is 2.38. The van der Waals surface area contributed by atoms with Gasteiger partial charge >= 0.3 is 0 Å². The minimum absolute atomic E-state index is 0.230. The Bertz CT molecular complexity index is 215. The number of ether oxygens (including phenoxy) is 1. The largest absolute Gasteiger partial charge is 0.370 e. The van der Waals surface area contributed by atoms with Crippen LogP contribution in [0.3, 0.4) is 0 Å². The van der Waals surface area contributed by atoms with Gasteiger partial charge in [-0.2, -0.15) is 0 Å². The molecule has 1 N–H and O–H groups in total. The van der Waals surface area contributed by atoms with E-state index in [1.165, 1.54) is 57.8 Å². The van der Waals surface area contributed by atoms with Gasteiger partial charge in [-0.15, -0.1) is 0 Å². The Kier molecular flexibility index (Phi) is 2.73. The molecular weight excluding hydrogens is 186 g/mol. The molecule has 0 aromatic carbocycles. The number of rotatable bonds is 5. The maximum Gasteiger partial charge on any atom is 0.0810 e. The van der Waals surface area contributed by atoms with Crippen LogP contribution in [0.15, 0.2) is 0 Å². The highest BCUT2D eigenvalue weighted by molar-refractivity contribution is 4.93. The second kappa shape index (κ2) is 4.06. The van der Waals surface area contributed by atoms with Crippen molar-refractivity contribution < 1.29 is 4.74 Å². The van der Waals surface area contributed by atoms with Crippen molar-refractivity contribution in [3.8, 4) is 0 Å². The maximum absolute atomic E-state index is 6.35. The van der Waals surface area contributed by atoms with Crippen molar-refractivity contribution in [2.24, 2.45) is 0 Å². The molecule has 0 aliphatic heterocycles. The van der Waals surface area contributed by atoms with Gasteiger partial charge in [-0.25, -0.2) is 0 Å². The second-order valence-electron chi connectivity index (χ2n) is 5.72. The molecule has 2 nitrogen and oxygen atoms in total. The van der Waals surface area contributed by atoms with Gasteiger partial charge in [0.25, 0.3) is 0 Å². The third-order valence-electron chi connectivity index (χ3n) is 4.27. The first-order valence-corrected chi connectivity index (χ1v) is 6.78. The minimum atomic E-state index is 0.230. The highest BCUT2D eigenvalue weighted by atomic mass is 16.5. The number of hydrogen-bond acceptors (Lipinski definition) is 2. The van der Waals surface area contributed by atoms with Crippen molar-refractivity contribution in [3.63, 3.8) is 0 Å². The van der Waals surface area contributed by atoms with E-state index in [2.05, 4.69) is 5.32 Å². The summed E-state index contributed by atoms with van der Waals surface area (Å²) in [5.41, 5.74) is 0.230. The van der Waals surface area contributed by atoms with Crippen molar-refractivity contribution >= 4 is 0 Å². The van der Waals surface area contributed by atoms with Crippen LogP contribution < -0.4 is 5.32 Å². The van der Waals surface area contributed by atoms with E-state index in [9.17, 15) is 0 Å². The van der Waals surface area contributed by atoms with Gasteiger partial charge < -0.3 is 10.1 Å². The summed E-state index contributed by atoms with van der Waals surface area (Å²) in [7, 11) is 0. The average Bonchev–Trinajstić information content (AvgIpc) is 2.90. The molecule has 0 atom stereocenters. The van der Waals surface area contributed by atoms with Gasteiger partial charge in [0.1, 0.15) is 0 Å². The van der Waals surface area contributed by atoms with Crippen LogP contribution in [0.2, 0.25) is 0 Å². The molecule has 86 valence electrons. The number of hydrogen-bond donors (Lipinski definition) is 1. The Balaban J connectivity index is 1.53. The molecule has 0 saturated heterocycles. The van der Waals surface area contributed by atoms with Crippen molar-refractivity contribution in [3.05, 3.63) is 0 Å². The topological polar surface area (TPSA) is 21.3 Å². The van der Waals surface area contributed by atoms with E-state index in [-0.39, 0.29) is 5.60 Å². The standard InChI is InChI=1S/C13H23NO/c1-2-9-13(8-1,10-14-11-6-7-11)15-12-4-3-5-12/h11-12,14H,1-10H2. The average molecular weight is 209 g/mol. The van der Waals surface area contributed by atoms with Gasteiger partial charge in [0.05, 0.1) is 11.7 Å². The zero-order chi connectivity index (χ0) is 10.1. The summed E-state index contributed by atoms with van der Waals surface area (Å²) in [5.74, 6) is 0. The van der Waals surface area contributed by atoms with Crippen molar-refractivity contribution in [1.82, 2.24) is 5.32 Å². The van der Waals surface area contributed by atoms with E-state index in [0.717, 1.165) is 12.6 Å². The van der Waals surface area contributed by atoms with Crippen LogP contribution >= 0.6 is 0 Å². The van der Waals surface area contributed by atoms with E-state index in [1.54, 1.807) is 0 Å². The van der Waals surface area contributed by atoms with Crippen LogP contribution in [0, 0.1) is 0 Å². The van der Waals surface area contributed by atoms with Crippen LogP contribution in [-0.2, 0) is 4.74 Å². The van der Waals surface area contributed by atoms with Gasteiger partial charge in [-0.05, 0) is 44.9 Å². The molecule has 3 saturated carbocycles. The smallest absolute Gasteiger partial charge is 0.0810 e. The summed E-state index contributed by atoms with van der Waals surface area (Å²) < 4.78 is 6.35.